The quantitative estimate of drug-likeness (QED) is 0.902. The standard InChI is InChI=1S/C19H19F3N2O2/c20-19(21,22)13-5-6-16-12(9-13)10-15(17-4-1-7-24(16)17)18(25)23-11-14-3-2-8-26-14/h2-3,5-6,8-9,15,17H,1,4,7,10-11H2,(H,23,25). The highest BCUT2D eigenvalue weighted by Crippen LogP contribution is 2.41. The van der Waals surface area contributed by atoms with E-state index in [4.69, 9.17) is 4.42 Å². The Morgan fingerprint density at radius 2 is 2.15 bits per heavy atom. The zero-order valence-corrected chi connectivity index (χ0v) is 14.1. The van der Waals surface area contributed by atoms with Gasteiger partial charge in [-0.2, -0.15) is 13.2 Å². The van der Waals surface area contributed by atoms with Crippen LogP contribution in [0.5, 0.6) is 0 Å². The van der Waals surface area contributed by atoms with Crippen LogP contribution in [0.4, 0.5) is 18.9 Å². The van der Waals surface area contributed by atoms with Crippen molar-refractivity contribution in [1.29, 1.82) is 0 Å². The average molecular weight is 364 g/mol. The molecule has 26 heavy (non-hydrogen) atoms. The number of alkyl halides is 3. The van der Waals surface area contributed by atoms with Crippen molar-refractivity contribution in [2.45, 2.75) is 38.0 Å². The summed E-state index contributed by atoms with van der Waals surface area (Å²) in [5.74, 6) is 0.155. The van der Waals surface area contributed by atoms with Crippen LogP contribution in [0, 0.1) is 5.92 Å². The maximum Gasteiger partial charge on any atom is 0.416 e. The Hall–Kier alpha value is -2.44. The largest absolute Gasteiger partial charge is 0.467 e. The lowest BCUT2D eigenvalue weighted by Crippen LogP contribution is -2.48. The maximum atomic E-state index is 13.1. The van der Waals surface area contributed by atoms with E-state index in [9.17, 15) is 18.0 Å². The lowest BCUT2D eigenvalue weighted by molar-refractivity contribution is -0.137. The normalized spacial score (nSPS) is 22.0. The van der Waals surface area contributed by atoms with E-state index < -0.39 is 11.7 Å². The summed E-state index contributed by atoms with van der Waals surface area (Å²) in [6.45, 7) is 1.05. The molecule has 2 unspecified atom stereocenters. The monoisotopic (exact) mass is 364 g/mol. The number of anilines is 1. The van der Waals surface area contributed by atoms with Crippen molar-refractivity contribution < 1.29 is 22.4 Å². The average Bonchev–Trinajstić information content (AvgIpc) is 3.29. The van der Waals surface area contributed by atoms with Gasteiger partial charge in [-0.05, 0) is 55.2 Å². The Labute approximate surface area is 149 Å². The van der Waals surface area contributed by atoms with Crippen LogP contribution in [-0.2, 0) is 23.9 Å². The van der Waals surface area contributed by atoms with E-state index in [0.717, 1.165) is 31.1 Å². The van der Waals surface area contributed by atoms with Crippen LogP contribution < -0.4 is 10.2 Å². The van der Waals surface area contributed by atoms with Gasteiger partial charge in [-0.15, -0.1) is 0 Å². The molecule has 138 valence electrons. The maximum absolute atomic E-state index is 13.1. The lowest BCUT2D eigenvalue weighted by atomic mass is 9.84. The van der Waals surface area contributed by atoms with Gasteiger partial charge in [-0.3, -0.25) is 4.79 Å². The molecule has 2 aliphatic heterocycles. The minimum Gasteiger partial charge on any atom is -0.467 e. The Balaban J connectivity index is 1.58. The summed E-state index contributed by atoms with van der Waals surface area (Å²) in [4.78, 5) is 14.8. The van der Waals surface area contributed by atoms with Crippen LogP contribution >= 0.6 is 0 Å². The number of rotatable bonds is 3. The molecule has 1 saturated heterocycles. The van der Waals surface area contributed by atoms with Crippen molar-refractivity contribution in [1.82, 2.24) is 5.32 Å². The summed E-state index contributed by atoms with van der Waals surface area (Å²) in [5, 5.41) is 2.86. The highest BCUT2D eigenvalue weighted by Gasteiger charge is 2.42. The number of nitrogens with zero attached hydrogens (tertiary/aromatic N) is 1. The van der Waals surface area contributed by atoms with E-state index in [1.807, 2.05) is 0 Å². The number of benzene rings is 1. The van der Waals surface area contributed by atoms with E-state index in [-0.39, 0.29) is 24.4 Å². The Kier molecular flexibility index (Phi) is 4.17. The summed E-state index contributed by atoms with van der Waals surface area (Å²) in [7, 11) is 0. The molecule has 7 heteroatoms. The van der Waals surface area contributed by atoms with Crippen LogP contribution in [0.3, 0.4) is 0 Å². The predicted molar refractivity (Wildman–Crippen MR) is 89.6 cm³/mol. The van der Waals surface area contributed by atoms with Crippen molar-refractivity contribution in [2.75, 3.05) is 11.4 Å². The number of fused-ring (bicyclic) bond motifs is 3. The van der Waals surface area contributed by atoms with Gasteiger partial charge in [-0.25, -0.2) is 0 Å². The molecule has 2 aliphatic rings. The minimum absolute atomic E-state index is 0.0378. The number of hydrogen-bond acceptors (Lipinski definition) is 3. The predicted octanol–water partition coefficient (Wildman–Crippen LogP) is 3.76. The molecule has 1 aromatic heterocycles. The number of halogens is 3. The second-order valence-electron chi connectivity index (χ2n) is 6.85. The highest BCUT2D eigenvalue weighted by atomic mass is 19.4. The van der Waals surface area contributed by atoms with Crippen molar-refractivity contribution >= 4 is 11.6 Å². The Morgan fingerprint density at radius 1 is 1.31 bits per heavy atom. The fourth-order valence-electron chi connectivity index (χ4n) is 4.07. The first kappa shape index (κ1) is 17.0. The third-order valence-electron chi connectivity index (χ3n) is 5.27. The Bertz CT molecular complexity index is 802. The summed E-state index contributed by atoms with van der Waals surface area (Å²) in [5.41, 5.74) is 0.760. The second kappa shape index (κ2) is 6.37. The van der Waals surface area contributed by atoms with Gasteiger partial charge >= 0.3 is 6.18 Å². The van der Waals surface area contributed by atoms with Gasteiger partial charge in [0.05, 0.1) is 24.3 Å². The number of carbonyl (C=O) groups is 1. The van der Waals surface area contributed by atoms with Crippen LogP contribution in [0.1, 0.15) is 29.7 Å². The van der Waals surface area contributed by atoms with Crippen LogP contribution in [0.2, 0.25) is 0 Å². The second-order valence-corrected chi connectivity index (χ2v) is 6.85. The van der Waals surface area contributed by atoms with Crippen molar-refractivity contribution in [3.63, 3.8) is 0 Å². The van der Waals surface area contributed by atoms with Gasteiger partial charge in [-0.1, -0.05) is 0 Å². The van der Waals surface area contributed by atoms with Crippen LogP contribution in [0.25, 0.3) is 0 Å². The third-order valence-corrected chi connectivity index (χ3v) is 5.27. The number of furan rings is 1. The van der Waals surface area contributed by atoms with Gasteiger partial charge in [0.2, 0.25) is 5.91 Å². The summed E-state index contributed by atoms with van der Waals surface area (Å²) in [6, 6.07) is 7.43. The van der Waals surface area contributed by atoms with Gasteiger partial charge in [0, 0.05) is 18.3 Å². The smallest absolute Gasteiger partial charge is 0.416 e. The molecule has 3 heterocycles. The number of nitrogens with one attached hydrogen (secondary N) is 1. The first-order valence-corrected chi connectivity index (χ1v) is 8.70. The van der Waals surface area contributed by atoms with Gasteiger partial charge < -0.3 is 14.6 Å². The molecule has 0 radical (unpaired) electrons. The molecule has 1 N–H and O–H groups in total. The molecule has 2 atom stereocenters. The van der Waals surface area contributed by atoms with Crippen LogP contribution in [-0.4, -0.2) is 18.5 Å². The topological polar surface area (TPSA) is 45.5 Å². The molecule has 4 rings (SSSR count). The third kappa shape index (κ3) is 3.06. The van der Waals surface area contributed by atoms with Crippen molar-refractivity contribution in [2.24, 2.45) is 5.92 Å². The molecule has 1 fully saturated rings. The number of amides is 1. The summed E-state index contributed by atoms with van der Waals surface area (Å²) >= 11 is 0. The van der Waals surface area contributed by atoms with Gasteiger partial charge in [0.15, 0.2) is 0 Å². The molecule has 1 aromatic carbocycles. The molecule has 0 spiro atoms. The lowest BCUT2D eigenvalue weighted by Gasteiger charge is -2.39. The van der Waals surface area contributed by atoms with Crippen LogP contribution in [0.15, 0.2) is 41.0 Å². The van der Waals surface area contributed by atoms with Crippen molar-refractivity contribution in [3.8, 4) is 0 Å². The summed E-state index contributed by atoms with van der Waals surface area (Å²) in [6.07, 6.45) is -0.708. The minimum atomic E-state index is -4.38. The molecular formula is C19H19F3N2O2. The summed E-state index contributed by atoms with van der Waals surface area (Å²) < 4.78 is 44.4. The first-order chi connectivity index (χ1) is 12.4. The zero-order chi connectivity index (χ0) is 18.3. The van der Waals surface area contributed by atoms with E-state index >= 15 is 0 Å². The number of carbonyl (C=O) groups excluding carboxylic acids is 1. The molecule has 0 bridgehead atoms. The SMILES string of the molecule is O=C(NCc1ccco1)C1Cc2cc(C(F)(F)F)ccc2N2CCCC12. The molecule has 4 nitrogen and oxygen atoms in total. The highest BCUT2D eigenvalue weighted by molar-refractivity contribution is 5.82. The first-order valence-electron chi connectivity index (χ1n) is 8.70. The molecule has 0 saturated carbocycles. The van der Waals surface area contributed by atoms with Crippen molar-refractivity contribution in [3.05, 3.63) is 53.5 Å². The van der Waals surface area contributed by atoms with E-state index in [2.05, 4.69) is 10.2 Å². The Morgan fingerprint density at radius 3 is 2.88 bits per heavy atom. The van der Waals surface area contributed by atoms with E-state index in [1.165, 1.54) is 12.3 Å². The van der Waals surface area contributed by atoms with Gasteiger partial charge in [0.25, 0.3) is 0 Å². The number of hydrogen-bond donors (Lipinski definition) is 1. The molecule has 0 aliphatic carbocycles. The van der Waals surface area contributed by atoms with E-state index in [0.29, 0.717) is 17.7 Å². The molecular weight excluding hydrogens is 345 g/mol. The van der Waals surface area contributed by atoms with E-state index in [1.54, 1.807) is 18.2 Å². The molecule has 2 aromatic rings. The zero-order valence-electron chi connectivity index (χ0n) is 14.1. The van der Waals surface area contributed by atoms with Gasteiger partial charge in [0.1, 0.15) is 5.76 Å². The fraction of sp³-hybridized carbons (Fsp3) is 0.421. The molecule has 1 amide bonds. The fourth-order valence-corrected chi connectivity index (χ4v) is 4.07.